The van der Waals surface area contributed by atoms with Gasteiger partial charge in [0.25, 0.3) is 0 Å². The maximum atomic E-state index is 12.0. The van der Waals surface area contributed by atoms with Gasteiger partial charge in [0.1, 0.15) is 16.9 Å². The quantitative estimate of drug-likeness (QED) is 0.594. The zero-order chi connectivity index (χ0) is 13.0. The fraction of sp³-hybridized carbons (Fsp3) is 0.267. The van der Waals surface area contributed by atoms with Gasteiger partial charge in [0.2, 0.25) is 0 Å². The standard InChI is InChI=1S/C15H16O3/c1-3-5-9-13-14(15(16)17-4-2)11-8-6-7-10-12(11)18-13/h3,6-8,10H,1,4-5,9H2,2H3. The van der Waals surface area contributed by atoms with E-state index in [1.54, 1.807) is 6.92 Å². The average molecular weight is 244 g/mol. The van der Waals surface area contributed by atoms with Crippen molar-refractivity contribution < 1.29 is 13.9 Å². The summed E-state index contributed by atoms with van der Waals surface area (Å²) in [5, 5.41) is 0.815. The summed E-state index contributed by atoms with van der Waals surface area (Å²) in [4.78, 5) is 12.0. The van der Waals surface area contributed by atoms with E-state index >= 15 is 0 Å². The molecule has 0 saturated carbocycles. The Kier molecular flexibility index (Phi) is 3.82. The van der Waals surface area contributed by atoms with Gasteiger partial charge in [-0.05, 0) is 19.4 Å². The molecular weight excluding hydrogens is 228 g/mol. The zero-order valence-electron chi connectivity index (χ0n) is 10.4. The van der Waals surface area contributed by atoms with Crippen LogP contribution < -0.4 is 0 Å². The molecule has 0 atom stereocenters. The molecule has 0 aliphatic rings. The third kappa shape index (κ3) is 2.30. The number of para-hydroxylation sites is 1. The number of allylic oxidation sites excluding steroid dienone is 1. The fourth-order valence-electron chi connectivity index (χ4n) is 1.93. The molecule has 0 amide bonds. The second kappa shape index (κ2) is 5.54. The van der Waals surface area contributed by atoms with Gasteiger partial charge < -0.3 is 9.15 Å². The summed E-state index contributed by atoms with van der Waals surface area (Å²) in [7, 11) is 0. The van der Waals surface area contributed by atoms with Crippen LogP contribution in [-0.2, 0) is 11.2 Å². The number of esters is 1. The van der Waals surface area contributed by atoms with Crippen molar-refractivity contribution in [2.45, 2.75) is 19.8 Å². The van der Waals surface area contributed by atoms with Gasteiger partial charge in [-0.2, -0.15) is 0 Å². The van der Waals surface area contributed by atoms with E-state index in [4.69, 9.17) is 9.15 Å². The van der Waals surface area contributed by atoms with E-state index in [-0.39, 0.29) is 5.97 Å². The zero-order valence-corrected chi connectivity index (χ0v) is 10.4. The molecule has 0 radical (unpaired) electrons. The lowest BCUT2D eigenvalue weighted by Crippen LogP contribution is -2.06. The molecular formula is C15H16O3. The maximum Gasteiger partial charge on any atom is 0.342 e. The highest BCUT2D eigenvalue weighted by Crippen LogP contribution is 2.27. The molecule has 1 heterocycles. The molecule has 0 saturated heterocycles. The maximum absolute atomic E-state index is 12.0. The first-order valence-corrected chi connectivity index (χ1v) is 6.06. The number of hydrogen-bond acceptors (Lipinski definition) is 3. The Bertz CT molecular complexity index is 566. The number of hydrogen-bond donors (Lipinski definition) is 0. The van der Waals surface area contributed by atoms with Gasteiger partial charge >= 0.3 is 5.97 Å². The van der Waals surface area contributed by atoms with E-state index in [9.17, 15) is 4.79 Å². The average Bonchev–Trinajstić information content (AvgIpc) is 2.74. The minimum absolute atomic E-state index is 0.318. The van der Waals surface area contributed by atoms with Gasteiger partial charge in [0.15, 0.2) is 0 Å². The number of ether oxygens (including phenoxy) is 1. The van der Waals surface area contributed by atoms with Gasteiger partial charge in [-0.1, -0.05) is 24.3 Å². The Hall–Kier alpha value is -2.03. The lowest BCUT2D eigenvalue weighted by atomic mass is 10.1. The number of fused-ring (bicyclic) bond motifs is 1. The number of furan rings is 1. The van der Waals surface area contributed by atoms with Gasteiger partial charge in [0.05, 0.1) is 6.61 Å². The van der Waals surface area contributed by atoms with Crippen molar-refractivity contribution in [1.82, 2.24) is 0 Å². The van der Waals surface area contributed by atoms with E-state index in [1.807, 2.05) is 30.3 Å². The number of carbonyl (C=O) groups excluding carboxylic acids is 1. The second-order valence-corrected chi connectivity index (χ2v) is 3.94. The molecule has 0 fully saturated rings. The summed E-state index contributed by atoms with van der Waals surface area (Å²) in [6.45, 7) is 5.84. The van der Waals surface area contributed by atoms with Crippen LogP contribution in [0.1, 0.15) is 29.5 Å². The SMILES string of the molecule is C=CCCc1oc2ccccc2c1C(=O)OCC. The third-order valence-corrected chi connectivity index (χ3v) is 2.72. The van der Waals surface area contributed by atoms with Crippen LogP contribution in [0.15, 0.2) is 41.3 Å². The van der Waals surface area contributed by atoms with E-state index in [0.717, 1.165) is 17.4 Å². The minimum Gasteiger partial charge on any atom is -0.462 e. The highest BCUT2D eigenvalue weighted by atomic mass is 16.5. The Labute approximate surface area is 106 Å². The molecule has 3 nitrogen and oxygen atoms in total. The summed E-state index contributed by atoms with van der Waals surface area (Å²) in [5.41, 5.74) is 1.27. The molecule has 2 rings (SSSR count). The summed E-state index contributed by atoms with van der Waals surface area (Å²) < 4.78 is 10.8. The van der Waals surface area contributed by atoms with Crippen LogP contribution in [0.2, 0.25) is 0 Å². The van der Waals surface area contributed by atoms with E-state index in [1.165, 1.54) is 0 Å². The molecule has 0 N–H and O–H groups in total. The predicted octanol–water partition coefficient (Wildman–Crippen LogP) is 3.73. The minimum atomic E-state index is -0.318. The van der Waals surface area contributed by atoms with Crippen molar-refractivity contribution in [3.8, 4) is 0 Å². The number of rotatable bonds is 5. The largest absolute Gasteiger partial charge is 0.462 e. The molecule has 0 unspecified atom stereocenters. The van der Waals surface area contributed by atoms with E-state index in [2.05, 4.69) is 6.58 Å². The van der Waals surface area contributed by atoms with E-state index < -0.39 is 0 Å². The Balaban J connectivity index is 2.50. The molecule has 18 heavy (non-hydrogen) atoms. The molecule has 0 aliphatic heterocycles. The van der Waals surface area contributed by atoms with Gasteiger partial charge in [0, 0.05) is 11.8 Å². The van der Waals surface area contributed by atoms with Crippen LogP contribution in [0.25, 0.3) is 11.0 Å². The van der Waals surface area contributed by atoms with Crippen molar-refractivity contribution >= 4 is 16.9 Å². The van der Waals surface area contributed by atoms with Crippen LogP contribution in [-0.4, -0.2) is 12.6 Å². The van der Waals surface area contributed by atoms with Crippen LogP contribution in [0.5, 0.6) is 0 Å². The van der Waals surface area contributed by atoms with Gasteiger partial charge in [-0.25, -0.2) is 4.79 Å². The first kappa shape index (κ1) is 12.4. The molecule has 0 aliphatic carbocycles. The molecule has 94 valence electrons. The third-order valence-electron chi connectivity index (χ3n) is 2.72. The van der Waals surface area contributed by atoms with Crippen molar-refractivity contribution in [1.29, 1.82) is 0 Å². The monoisotopic (exact) mass is 244 g/mol. The molecule has 1 aromatic heterocycles. The lowest BCUT2D eigenvalue weighted by Gasteiger charge is -2.02. The fourth-order valence-corrected chi connectivity index (χ4v) is 1.93. The Morgan fingerprint density at radius 2 is 2.22 bits per heavy atom. The first-order valence-electron chi connectivity index (χ1n) is 6.06. The van der Waals surface area contributed by atoms with E-state index in [0.29, 0.717) is 24.4 Å². The summed E-state index contributed by atoms with van der Waals surface area (Å²) in [5.74, 6) is 0.357. The highest BCUT2D eigenvalue weighted by Gasteiger charge is 2.20. The molecule has 3 heteroatoms. The Morgan fingerprint density at radius 1 is 1.44 bits per heavy atom. The summed E-state index contributed by atoms with van der Waals surface area (Å²) >= 11 is 0. The highest BCUT2D eigenvalue weighted by molar-refractivity contribution is 6.04. The molecule has 2 aromatic rings. The van der Waals surface area contributed by atoms with Crippen molar-refractivity contribution in [2.75, 3.05) is 6.61 Å². The predicted molar refractivity (Wildman–Crippen MR) is 70.7 cm³/mol. The van der Waals surface area contributed by atoms with Gasteiger partial charge in [-0.3, -0.25) is 0 Å². The summed E-state index contributed by atoms with van der Waals surface area (Å²) in [6, 6.07) is 7.51. The van der Waals surface area contributed by atoms with Crippen LogP contribution in [0.3, 0.4) is 0 Å². The van der Waals surface area contributed by atoms with Gasteiger partial charge in [-0.15, -0.1) is 6.58 Å². The Morgan fingerprint density at radius 3 is 2.94 bits per heavy atom. The molecule has 1 aromatic carbocycles. The van der Waals surface area contributed by atoms with Crippen molar-refractivity contribution in [2.24, 2.45) is 0 Å². The van der Waals surface area contributed by atoms with Crippen molar-refractivity contribution in [3.63, 3.8) is 0 Å². The van der Waals surface area contributed by atoms with Crippen LogP contribution >= 0.6 is 0 Å². The lowest BCUT2D eigenvalue weighted by molar-refractivity contribution is 0.0526. The normalized spacial score (nSPS) is 10.5. The summed E-state index contributed by atoms with van der Waals surface area (Å²) in [6.07, 6.45) is 3.24. The number of carbonyl (C=O) groups is 1. The number of benzene rings is 1. The first-order chi connectivity index (χ1) is 8.77. The van der Waals surface area contributed by atoms with Crippen LogP contribution in [0, 0.1) is 0 Å². The smallest absolute Gasteiger partial charge is 0.342 e. The molecule has 0 bridgehead atoms. The number of aryl methyl sites for hydroxylation is 1. The second-order valence-electron chi connectivity index (χ2n) is 3.94. The topological polar surface area (TPSA) is 39.4 Å². The van der Waals surface area contributed by atoms with Crippen molar-refractivity contribution in [3.05, 3.63) is 48.2 Å². The van der Waals surface area contributed by atoms with Crippen LogP contribution in [0.4, 0.5) is 0 Å². The molecule has 0 spiro atoms.